The number of rotatable bonds is 8. The molecule has 0 unspecified atom stereocenters. The monoisotopic (exact) mass is 459 g/mol. The Morgan fingerprint density at radius 3 is 2.71 bits per heavy atom. The number of carbonyl (C=O) groups excluding carboxylic acids is 2. The SMILES string of the molecule is O=C(Nc1nc2c(C(=O)Nc3ncc[nH]3)cccc2[nH]1)c1cc(OCCC2CCCC2)ccn1. The van der Waals surface area contributed by atoms with Crippen molar-refractivity contribution < 1.29 is 14.3 Å². The highest BCUT2D eigenvalue weighted by atomic mass is 16.5. The molecule has 174 valence electrons. The topological polar surface area (TPSA) is 138 Å². The van der Waals surface area contributed by atoms with E-state index in [9.17, 15) is 9.59 Å². The molecule has 3 heterocycles. The molecule has 3 aromatic heterocycles. The van der Waals surface area contributed by atoms with Gasteiger partial charge < -0.3 is 14.7 Å². The number of pyridine rings is 1. The lowest BCUT2D eigenvalue weighted by atomic mass is 10.1. The first-order chi connectivity index (χ1) is 16.7. The van der Waals surface area contributed by atoms with Crippen LogP contribution in [0.2, 0.25) is 0 Å². The van der Waals surface area contributed by atoms with Gasteiger partial charge in [0.2, 0.25) is 11.9 Å². The maximum atomic E-state index is 12.8. The lowest BCUT2D eigenvalue weighted by Gasteiger charge is -2.11. The quantitative estimate of drug-likeness (QED) is 0.312. The normalized spacial score (nSPS) is 13.8. The molecular formula is C24H25N7O3. The van der Waals surface area contributed by atoms with Gasteiger partial charge in [-0.1, -0.05) is 31.7 Å². The number of carbonyl (C=O) groups is 2. The number of aromatic amines is 2. The van der Waals surface area contributed by atoms with Crippen LogP contribution in [0, 0.1) is 5.92 Å². The minimum Gasteiger partial charge on any atom is -0.493 e. The van der Waals surface area contributed by atoms with Crippen molar-refractivity contribution >= 4 is 34.7 Å². The van der Waals surface area contributed by atoms with Gasteiger partial charge in [0.15, 0.2) is 0 Å². The number of nitrogens with one attached hydrogen (secondary N) is 4. The molecule has 0 spiro atoms. The summed E-state index contributed by atoms with van der Waals surface area (Å²) in [4.78, 5) is 43.8. The average Bonchev–Trinajstić information content (AvgIpc) is 3.61. The summed E-state index contributed by atoms with van der Waals surface area (Å²) in [5.41, 5.74) is 1.61. The van der Waals surface area contributed by atoms with Gasteiger partial charge in [-0.25, -0.2) is 9.97 Å². The zero-order chi connectivity index (χ0) is 23.3. The van der Waals surface area contributed by atoms with E-state index in [1.54, 1.807) is 48.9 Å². The van der Waals surface area contributed by atoms with Crippen LogP contribution in [0.3, 0.4) is 0 Å². The highest BCUT2D eigenvalue weighted by molar-refractivity contribution is 6.11. The molecule has 4 N–H and O–H groups in total. The van der Waals surface area contributed by atoms with Crippen LogP contribution in [0.4, 0.5) is 11.9 Å². The van der Waals surface area contributed by atoms with Crippen LogP contribution in [-0.2, 0) is 0 Å². The zero-order valence-corrected chi connectivity index (χ0v) is 18.5. The molecule has 4 aromatic rings. The summed E-state index contributed by atoms with van der Waals surface area (Å²) < 4.78 is 5.85. The van der Waals surface area contributed by atoms with Crippen molar-refractivity contribution in [2.24, 2.45) is 5.92 Å². The number of hydrogen-bond acceptors (Lipinski definition) is 6. The van der Waals surface area contributed by atoms with E-state index in [0.29, 0.717) is 34.9 Å². The molecule has 34 heavy (non-hydrogen) atoms. The fraction of sp³-hybridized carbons (Fsp3) is 0.292. The molecule has 0 saturated heterocycles. The van der Waals surface area contributed by atoms with Crippen LogP contribution >= 0.6 is 0 Å². The third kappa shape index (κ3) is 4.90. The third-order valence-corrected chi connectivity index (χ3v) is 5.95. The first kappa shape index (κ1) is 21.6. The second-order valence-corrected chi connectivity index (χ2v) is 8.30. The summed E-state index contributed by atoms with van der Waals surface area (Å²) in [6.45, 7) is 0.627. The molecule has 1 aliphatic rings. The molecule has 2 amide bonds. The number of hydrogen-bond donors (Lipinski definition) is 4. The molecule has 1 saturated carbocycles. The fourth-order valence-corrected chi connectivity index (χ4v) is 4.22. The van der Waals surface area contributed by atoms with Gasteiger partial charge in [-0.2, -0.15) is 0 Å². The number of para-hydroxylation sites is 1. The Morgan fingerprint density at radius 2 is 1.88 bits per heavy atom. The Kier molecular flexibility index (Phi) is 6.19. The van der Waals surface area contributed by atoms with Gasteiger partial charge in [-0.15, -0.1) is 0 Å². The number of amides is 2. The molecule has 10 nitrogen and oxygen atoms in total. The first-order valence-corrected chi connectivity index (χ1v) is 11.4. The van der Waals surface area contributed by atoms with E-state index in [4.69, 9.17) is 4.74 Å². The molecule has 0 radical (unpaired) electrons. The number of anilines is 2. The fourth-order valence-electron chi connectivity index (χ4n) is 4.22. The van der Waals surface area contributed by atoms with Gasteiger partial charge in [0.25, 0.3) is 11.8 Å². The Labute approximate surface area is 195 Å². The van der Waals surface area contributed by atoms with Crippen molar-refractivity contribution in [3.63, 3.8) is 0 Å². The lowest BCUT2D eigenvalue weighted by Crippen LogP contribution is -2.15. The Morgan fingerprint density at radius 1 is 1.03 bits per heavy atom. The highest BCUT2D eigenvalue weighted by Gasteiger charge is 2.17. The van der Waals surface area contributed by atoms with Crippen LogP contribution in [0.15, 0.2) is 48.9 Å². The first-order valence-electron chi connectivity index (χ1n) is 11.4. The Hall–Kier alpha value is -4.21. The number of benzene rings is 1. The summed E-state index contributed by atoms with van der Waals surface area (Å²) >= 11 is 0. The van der Waals surface area contributed by atoms with E-state index in [-0.39, 0.29) is 17.5 Å². The summed E-state index contributed by atoms with van der Waals surface area (Å²) in [7, 11) is 0. The molecule has 1 aliphatic carbocycles. The van der Waals surface area contributed by atoms with Crippen LogP contribution < -0.4 is 15.4 Å². The van der Waals surface area contributed by atoms with Crippen molar-refractivity contribution in [3.8, 4) is 5.75 Å². The van der Waals surface area contributed by atoms with Crippen molar-refractivity contribution in [2.45, 2.75) is 32.1 Å². The van der Waals surface area contributed by atoms with Gasteiger partial charge in [0.1, 0.15) is 17.0 Å². The summed E-state index contributed by atoms with van der Waals surface area (Å²) in [6, 6.07) is 8.53. The van der Waals surface area contributed by atoms with Gasteiger partial charge in [0, 0.05) is 24.7 Å². The second kappa shape index (κ2) is 9.74. The van der Waals surface area contributed by atoms with E-state index in [2.05, 4.69) is 35.6 Å². The molecular weight excluding hydrogens is 434 g/mol. The number of imidazole rings is 2. The minimum absolute atomic E-state index is 0.215. The van der Waals surface area contributed by atoms with Crippen molar-refractivity contribution in [3.05, 3.63) is 60.2 Å². The third-order valence-electron chi connectivity index (χ3n) is 5.95. The summed E-state index contributed by atoms with van der Waals surface area (Å²) in [6.07, 6.45) is 10.9. The lowest BCUT2D eigenvalue weighted by molar-refractivity contribution is 0.101. The molecule has 0 bridgehead atoms. The van der Waals surface area contributed by atoms with E-state index < -0.39 is 5.91 Å². The second-order valence-electron chi connectivity index (χ2n) is 8.30. The smallest absolute Gasteiger partial charge is 0.276 e. The molecule has 0 atom stereocenters. The summed E-state index contributed by atoms with van der Waals surface area (Å²) in [5, 5.41) is 5.39. The van der Waals surface area contributed by atoms with E-state index in [0.717, 1.165) is 12.3 Å². The average molecular weight is 460 g/mol. The van der Waals surface area contributed by atoms with Gasteiger partial charge in [-0.05, 0) is 30.5 Å². The number of ether oxygens (including phenoxy) is 1. The molecule has 0 aliphatic heterocycles. The minimum atomic E-state index is -0.429. The number of nitrogens with zero attached hydrogens (tertiary/aromatic N) is 3. The van der Waals surface area contributed by atoms with Crippen LogP contribution in [0.5, 0.6) is 5.75 Å². The van der Waals surface area contributed by atoms with Crippen LogP contribution in [0.25, 0.3) is 11.0 Å². The Balaban J connectivity index is 1.26. The molecule has 1 aromatic carbocycles. The Bertz CT molecular complexity index is 1290. The molecule has 10 heteroatoms. The standard InChI is InChI=1S/C24H25N7O3/c32-21(30-23-26-11-12-27-23)17-6-3-7-18-20(17)29-24(28-18)31-22(33)19-14-16(8-10-25-19)34-13-9-15-4-1-2-5-15/h3,6-8,10-12,14-15H,1-2,4-5,9,13H2,(H2,26,27,30,32)(H2,28,29,31,33). The van der Waals surface area contributed by atoms with E-state index >= 15 is 0 Å². The van der Waals surface area contributed by atoms with Gasteiger partial charge >= 0.3 is 0 Å². The van der Waals surface area contributed by atoms with Crippen LogP contribution in [0.1, 0.15) is 53.0 Å². The van der Waals surface area contributed by atoms with E-state index in [1.165, 1.54) is 25.7 Å². The zero-order valence-electron chi connectivity index (χ0n) is 18.5. The van der Waals surface area contributed by atoms with Crippen molar-refractivity contribution in [1.82, 2.24) is 24.9 Å². The highest BCUT2D eigenvalue weighted by Crippen LogP contribution is 2.27. The predicted molar refractivity (Wildman–Crippen MR) is 127 cm³/mol. The largest absolute Gasteiger partial charge is 0.493 e. The summed E-state index contributed by atoms with van der Waals surface area (Å²) in [5.74, 6) is 1.11. The molecule has 5 rings (SSSR count). The van der Waals surface area contributed by atoms with Crippen molar-refractivity contribution in [2.75, 3.05) is 17.2 Å². The maximum Gasteiger partial charge on any atom is 0.276 e. The molecule has 1 fully saturated rings. The maximum absolute atomic E-state index is 12.8. The van der Waals surface area contributed by atoms with Gasteiger partial charge in [0.05, 0.1) is 17.7 Å². The predicted octanol–water partition coefficient (Wildman–Crippen LogP) is 4.14. The number of aromatic nitrogens is 5. The van der Waals surface area contributed by atoms with E-state index in [1.807, 2.05) is 0 Å². The van der Waals surface area contributed by atoms with Gasteiger partial charge in [-0.3, -0.25) is 25.2 Å². The number of fused-ring (bicyclic) bond motifs is 1. The van der Waals surface area contributed by atoms with Crippen LogP contribution in [-0.4, -0.2) is 43.3 Å². The van der Waals surface area contributed by atoms with Crippen molar-refractivity contribution in [1.29, 1.82) is 0 Å². The number of H-pyrrole nitrogens is 2.